The molecule has 6 heteroatoms. The Labute approximate surface area is 212 Å². The van der Waals surface area contributed by atoms with Gasteiger partial charge in [-0.15, -0.1) is 0 Å². The van der Waals surface area contributed by atoms with Crippen molar-refractivity contribution in [3.8, 4) is 0 Å². The molecule has 6 rings (SSSR count). The van der Waals surface area contributed by atoms with Crippen LogP contribution in [-0.2, 0) is 11.8 Å². The molecule has 2 aliphatic heterocycles. The lowest BCUT2D eigenvalue weighted by Crippen LogP contribution is -2.50. The molecule has 3 aliphatic rings. The predicted octanol–water partition coefficient (Wildman–Crippen LogP) is 5.07. The highest BCUT2D eigenvalue weighted by atomic mass is 16.2. The van der Waals surface area contributed by atoms with Gasteiger partial charge >= 0.3 is 0 Å². The molecule has 1 saturated carbocycles. The van der Waals surface area contributed by atoms with Crippen molar-refractivity contribution in [1.29, 1.82) is 0 Å². The fourth-order valence-corrected chi connectivity index (χ4v) is 6.72. The van der Waals surface area contributed by atoms with Crippen LogP contribution in [0.2, 0.25) is 0 Å². The maximum atomic E-state index is 14.2. The van der Waals surface area contributed by atoms with Crippen LogP contribution in [0.4, 0.5) is 5.69 Å². The number of nitrogens with zero attached hydrogens (tertiary/aromatic N) is 2. The van der Waals surface area contributed by atoms with E-state index >= 15 is 0 Å². The van der Waals surface area contributed by atoms with Gasteiger partial charge in [-0.2, -0.15) is 0 Å². The third-order valence-electron chi connectivity index (χ3n) is 8.48. The van der Waals surface area contributed by atoms with Crippen molar-refractivity contribution in [3.63, 3.8) is 0 Å². The van der Waals surface area contributed by atoms with Gasteiger partial charge in [-0.3, -0.25) is 9.59 Å². The number of fused-ring (bicyclic) bond motifs is 3. The number of anilines is 1. The molecule has 2 aromatic carbocycles. The molecule has 2 amide bonds. The maximum absolute atomic E-state index is 14.2. The number of hydrogen-bond donors (Lipinski definition) is 2. The number of para-hydroxylation sites is 1. The average molecular weight is 483 g/mol. The molecule has 0 bridgehead atoms. The van der Waals surface area contributed by atoms with Gasteiger partial charge in [0.1, 0.15) is 0 Å². The Kier molecular flexibility index (Phi) is 6.04. The van der Waals surface area contributed by atoms with Crippen LogP contribution in [0.15, 0.2) is 72.9 Å². The Morgan fingerprint density at radius 2 is 1.69 bits per heavy atom. The summed E-state index contributed by atoms with van der Waals surface area (Å²) in [6, 6.07) is 22.1. The minimum absolute atomic E-state index is 0.0438. The summed E-state index contributed by atoms with van der Waals surface area (Å²) in [4.78, 5) is 29.3. The summed E-state index contributed by atoms with van der Waals surface area (Å²) in [6.07, 6.45) is 6.79. The standard InChI is InChI=1S/C30H34N4O2/c1-33-18-9-16-26(33)27-23-17-19-34(28(23)21-12-5-7-14-24(21)31-27)30(36)22-13-6-8-15-25(22)32-29(35)20-10-3-2-4-11-20/h2-5,7,9-12,14,16,18,22-23,25,27-28,31H,6,8,13,15,17,19H2,1H3,(H,32,35)/t22-,23?,25+,27?,28-/m0/s1. The smallest absolute Gasteiger partial charge is 0.251 e. The monoisotopic (exact) mass is 482 g/mol. The van der Waals surface area contributed by atoms with Crippen molar-refractivity contribution >= 4 is 17.5 Å². The number of hydrogen-bond acceptors (Lipinski definition) is 3. The number of nitrogens with one attached hydrogen (secondary N) is 2. The first-order chi connectivity index (χ1) is 17.6. The summed E-state index contributed by atoms with van der Waals surface area (Å²) in [5, 5.41) is 7.01. The van der Waals surface area contributed by atoms with E-state index in [1.807, 2.05) is 30.3 Å². The number of amides is 2. The SMILES string of the molecule is Cn1cccc1C1Nc2ccccc2[C@H]2C1CCN2C(=O)[C@H]1CCCC[C@H]1NC(=O)c1ccccc1. The summed E-state index contributed by atoms with van der Waals surface area (Å²) in [6.45, 7) is 0.751. The fourth-order valence-electron chi connectivity index (χ4n) is 6.72. The molecule has 0 spiro atoms. The number of rotatable bonds is 4. The van der Waals surface area contributed by atoms with Crippen LogP contribution in [0, 0.1) is 11.8 Å². The normalized spacial score (nSPS) is 27.0. The second kappa shape index (κ2) is 9.49. The fraction of sp³-hybridized carbons (Fsp3) is 0.400. The Morgan fingerprint density at radius 1 is 0.917 bits per heavy atom. The first-order valence-electron chi connectivity index (χ1n) is 13.2. The van der Waals surface area contributed by atoms with Crippen molar-refractivity contribution in [3.05, 3.63) is 89.7 Å². The van der Waals surface area contributed by atoms with E-state index in [0.717, 1.165) is 44.3 Å². The van der Waals surface area contributed by atoms with Gasteiger partial charge in [0.2, 0.25) is 5.91 Å². The van der Waals surface area contributed by atoms with Gasteiger partial charge in [-0.25, -0.2) is 0 Å². The van der Waals surface area contributed by atoms with E-state index in [1.54, 1.807) is 0 Å². The molecule has 0 radical (unpaired) electrons. The van der Waals surface area contributed by atoms with E-state index in [4.69, 9.17) is 0 Å². The van der Waals surface area contributed by atoms with Crippen LogP contribution in [0.25, 0.3) is 0 Å². The number of likely N-dealkylation sites (tertiary alicyclic amines) is 1. The highest BCUT2D eigenvalue weighted by Gasteiger charge is 2.48. The Balaban J connectivity index is 1.28. The zero-order valence-corrected chi connectivity index (χ0v) is 20.8. The van der Waals surface area contributed by atoms with E-state index < -0.39 is 0 Å². The quantitative estimate of drug-likeness (QED) is 0.546. The molecule has 1 aromatic heterocycles. The minimum atomic E-state index is -0.180. The van der Waals surface area contributed by atoms with Crippen molar-refractivity contribution < 1.29 is 9.59 Å². The third-order valence-corrected chi connectivity index (χ3v) is 8.48. The molecule has 1 saturated heterocycles. The number of aryl methyl sites for hydroxylation is 1. The summed E-state index contributed by atoms with van der Waals surface area (Å²) >= 11 is 0. The summed E-state index contributed by atoms with van der Waals surface area (Å²) in [5.41, 5.74) is 4.22. The molecular weight excluding hydrogens is 448 g/mol. The molecule has 3 aromatic rings. The zero-order chi connectivity index (χ0) is 24.6. The van der Waals surface area contributed by atoms with Crippen molar-refractivity contribution in [2.45, 2.75) is 50.2 Å². The van der Waals surface area contributed by atoms with Crippen LogP contribution in [0.1, 0.15) is 65.8 Å². The van der Waals surface area contributed by atoms with Gasteiger partial charge < -0.3 is 20.1 Å². The molecule has 6 nitrogen and oxygen atoms in total. The van der Waals surface area contributed by atoms with Crippen molar-refractivity contribution in [1.82, 2.24) is 14.8 Å². The van der Waals surface area contributed by atoms with E-state index in [2.05, 4.69) is 69.7 Å². The number of aromatic nitrogens is 1. The van der Waals surface area contributed by atoms with E-state index in [-0.39, 0.29) is 35.9 Å². The van der Waals surface area contributed by atoms with Crippen LogP contribution in [-0.4, -0.2) is 33.9 Å². The third kappa shape index (κ3) is 3.98. The lowest BCUT2D eigenvalue weighted by atomic mass is 9.80. The molecular formula is C30H34N4O2. The van der Waals surface area contributed by atoms with Gasteiger partial charge in [0, 0.05) is 48.7 Å². The van der Waals surface area contributed by atoms with Crippen LogP contribution in [0.3, 0.4) is 0 Å². The number of carbonyl (C=O) groups excluding carboxylic acids is 2. The maximum Gasteiger partial charge on any atom is 0.251 e. The lowest BCUT2D eigenvalue weighted by molar-refractivity contribution is -0.138. The lowest BCUT2D eigenvalue weighted by Gasteiger charge is -2.42. The van der Waals surface area contributed by atoms with Crippen molar-refractivity contribution in [2.75, 3.05) is 11.9 Å². The summed E-state index contributed by atoms with van der Waals surface area (Å²) in [5.74, 6) is 0.234. The summed E-state index contributed by atoms with van der Waals surface area (Å²) in [7, 11) is 2.09. The van der Waals surface area contributed by atoms with Gasteiger partial charge in [0.25, 0.3) is 5.91 Å². The molecule has 2 N–H and O–H groups in total. The highest BCUT2D eigenvalue weighted by molar-refractivity contribution is 5.94. The molecule has 2 unspecified atom stereocenters. The Morgan fingerprint density at radius 3 is 2.50 bits per heavy atom. The molecule has 3 heterocycles. The molecule has 5 atom stereocenters. The van der Waals surface area contributed by atoms with Crippen molar-refractivity contribution in [2.24, 2.45) is 18.9 Å². The largest absolute Gasteiger partial charge is 0.376 e. The number of carbonyl (C=O) groups is 2. The topological polar surface area (TPSA) is 66.4 Å². The molecule has 186 valence electrons. The zero-order valence-electron chi connectivity index (χ0n) is 20.8. The summed E-state index contributed by atoms with van der Waals surface area (Å²) < 4.78 is 2.18. The Hall–Kier alpha value is -3.54. The first kappa shape index (κ1) is 22.9. The van der Waals surface area contributed by atoms with Gasteiger partial charge in [-0.05, 0) is 55.2 Å². The molecule has 36 heavy (non-hydrogen) atoms. The highest BCUT2D eigenvalue weighted by Crippen LogP contribution is 2.51. The number of benzene rings is 2. The van der Waals surface area contributed by atoms with E-state index in [9.17, 15) is 9.59 Å². The van der Waals surface area contributed by atoms with E-state index in [0.29, 0.717) is 11.5 Å². The average Bonchev–Trinajstić information content (AvgIpc) is 3.55. The molecule has 2 fully saturated rings. The predicted molar refractivity (Wildman–Crippen MR) is 140 cm³/mol. The first-order valence-corrected chi connectivity index (χ1v) is 13.2. The van der Waals surface area contributed by atoms with Crippen LogP contribution in [0.5, 0.6) is 0 Å². The minimum Gasteiger partial charge on any atom is -0.376 e. The van der Waals surface area contributed by atoms with Gasteiger partial charge in [0.05, 0.1) is 18.0 Å². The van der Waals surface area contributed by atoms with Gasteiger partial charge in [0.15, 0.2) is 0 Å². The van der Waals surface area contributed by atoms with E-state index in [1.165, 1.54) is 11.3 Å². The van der Waals surface area contributed by atoms with Crippen LogP contribution < -0.4 is 10.6 Å². The van der Waals surface area contributed by atoms with Gasteiger partial charge in [-0.1, -0.05) is 49.2 Å². The Bertz CT molecular complexity index is 1250. The van der Waals surface area contributed by atoms with Crippen LogP contribution >= 0.6 is 0 Å². The second-order valence-corrected chi connectivity index (χ2v) is 10.5. The second-order valence-electron chi connectivity index (χ2n) is 10.5. The molecule has 1 aliphatic carbocycles.